The Bertz CT molecular complexity index is 558. The van der Waals surface area contributed by atoms with Crippen LogP contribution in [0.2, 0.25) is 0 Å². The molecule has 0 spiro atoms. The molecular weight excluding hydrogens is 244 g/mol. The van der Waals surface area contributed by atoms with Gasteiger partial charge in [-0.15, -0.1) is 0 Å². The summed E-state index contributed by atoms with van der Waals surface area (Å²) in [5.74, 6) is 1.09. The highest BCUT2D eigenvalue weighted by Gasteiger charge is 2.44. The molecule has 1 aromatic carbocycles. The molecule has 1 aliphatic carbocycles. The number of hydrogen-bond acceptors (Lipinski definition) is 4. The summed E-state index contributed by atoms with van der Waals surface area (Å²) in [6.45, 7) is 1.04. The lowest BCUT2D eigenvalue weighted by Gasteiger charge is -2.33. The van der Waals surface area contributed by atoms with Gasteiger partial charge in [-0.2, -0.15) is 5.26 Å². The highest BCUT2D eigenvalue weighted by atomic mass is 16.6. The first-order valence-corrected chi connectivity index (χ1v) is 6.36. The van der Waals surface area contributed by atoms with Gasteiger partial charge >= 0.3 is 0 Å². The second-order valence-electron chi connectivity index (χ2n) is 4.86. The van der Waals surface area contributed by atoms with Crippen LogP contribution in [0.1, 0.15) is 19.3 Å². The molecule has 1 aromatic rings. The van der Waals surface area contributed by atoms with Crippen molar-refractivity contribution < 1.29 is 14.3 Å². The molecule has 0 bridgehead atoms. The Hall–Kier alpha value is -2.22. The fourth-order valence-electron chi connectivity index (χ4n) is 2.29. The Morgan fingerprint density at radius 3 is 2.63 bits per heavy atom. The molecule has 1 amide bonds. The number of amides is 1. The molecule has 1 fully saturated rings. The summed E-state index contributed by atoms with van der Waals surface area (Å²) in [4.78, 5) is 12.1. The molecular formula is C14H14N2O3. The van der Waals surface area contributed by atoms with Gasteiger partial charge in [-0.1, -0.05) is 0 Å². The molecule has 0 atom stereocenters. The smallest absolute Gasteiger partial charge is 0.244 e. The summed E-state index contributed by atoms with van der Waals surface area (Å²) < 4.78 is 10.9. The van der Waals surface area contributed by atoms with Crippen LogP contribution in [-0.4, -0.2) is 19.1 Å². The van der Waals surface area contributed by atoms with Crippen LogP contribution in [0.4, 0.5) is 5.69 Å². The van der Waals surface area contributed by atoms with Gasteiger partial charge < -0.3 is 14.8 Å². The van der Waals surface area contributed by atoms with Crippen molar-refractivity contribution in [1.82, 2.24) is 0 Å². The van der Waals surface area contributed by atoms with Crippen LogP contribution in [0.5, 0.6) is 11.5 Å². The molecule has 1 saturated carbocycles. The summed E-state index contributed by atoms with van der Waals surface area (Å²) in [6, 6.07) is 7.39. The maximum atomic E-state index is 12.1. The lowest BCUT2D eigenvalue weighted by Crippen LogP contribution is -2.40. The predicted molar refractivity (Wildman–Crippen MR) is 68.0 cm³/mol. The molecule has 5 heteroatoms. The van der Waals surface area contributed by atoms with Crippen LogP contribution >= 0.6 is 0 Å². The Kier molecular flexibility index (Phi) is 2.79. The van der Waals surface area contributed by atoms with E-state index in [0.717, 1.165) is 6.42 Å². The monoisotopic (exact) mass is 258 g/mol. The molecule has 0 unspecified atom stereocenters. The number of rotatable bonds is 2. The molecule has 3 rings (SSSR count). The lowest BCUT2D eigenvalue weighted by molar-refractivity contribution is -0.126. The number of carbonyl (C=O) groups excluding carboxylic acids is 1. The maximum absolute atomic E-state index is 12.1. The minimum atomic E-state index is -0.840. The zero-order valence-electron chi connectivity index (χ0n) is 10.4. The zero-order chi connectivity index (χ0) is 13.3. The average molecular weight is 258 g/mol. The molecule has 5 nitrogen and oxygen atoms in total. The maximum Gasteiger partial charge on any atom is 0.244 e. The van der Waals surface area contributed by atoms with Crippen LogP contribution in [0.3, 0.4) is 0 Å². The highest BCUT2D eigenvalue weighted by molar-refractivity contribution is 5.98. The van der Waals surface area contributed by atoms with Crippen molar-refractivity contribution in [2.75, 3.05) is 18.5 Å². The van der Waals surface area contributed by atoms with Crippen molar-refractivity contribution in [3.63, 3.8) is 0 Å². The molecule has 1 aliphatic heterocycles. The molecule has 0 saturated heterocycles. The van der Waals surface area contributed by atoms with Gasteiger partial charge in [0.25, 0.3) is 0 Å². The number of nitrogens with one attached hydrogen (secondary N) is 1. The van der Waals surface area contributed by atoms with Gasteiger partial charge in [0.15, 0.2) is 11.5 Å². The van der Waals surface area contributed by atoms with E-state index in [-0.39, 0.29) is 5.91 Å². The van der Waals surface area contributed by atoms with Gasteiger partial charge in [-0.25, -0.2) is 0 Å². The number of nitrogens with zero attached hydrogens (tertiary/aromatic N) is 1. The normalized spacial score (nSPS) is 18.9. The number of benzene rings is 1. The Balaban J connectivity index is 1.77. The third kappa shape index (κ3) is 1.99. The first-order valence-electron chi connectivity index (χ1n) is 6.36. The number of hydrogen-bond donors (Lipinski definition) is 1. The molecule has 19 heavy (non-hydrogen) atoms. The SMILES string of the molecule is N#CC1(C(=O)Nc2ccc3c(c2)OCCO3)CCC1. The van der Waals surface area contributed by atoms with Gasteiger partial charge in [0.05, 0.1) is 6.07 Å². The summed E-state index contributed by atoms with van der Waals surface area (Å²) in [7, 11) is 0. The van der Waals surface area contributed by atoms with Gasteiger partial charge in [-0.05, 0) is 31.4 Å². The Morgan fingerprint density at radius 2 is 2.00 bits per heavy atom. The zero-order valence-corrected chi connectivity index (χ0v) is 10.4. The molecule has 98 valence electrons. The summed E-state index contributed by atoms with van der Waals surface area (Å²) >= 11 is 0. The number of carbonyl (C=O) groups is 1. The van der Waals surface area contributed by atoms with Crippen molar-refractivity contribution in [3.05, 3.63) is 18.2 Å². The first-order chi connectivity index (χ1) is 9.23. The van der Waals surface area contributed by atoms with E-state index < -0.39 is 5.41 Å². The summed E-state index contributed by atoms with van der Waals surface area (Å²) in [5, 5.41) is 11.9. The Morgan fingerprint density at radius 1 is 1.26 bits per heavy atom. The summed E-state index contributed by atoms with van der Waals surface area (Å²) in [6.07, 6.45) is 2.21. The van der Waals surface area contributed by atoms with Crippen LogP contribution in [0.25, 0.3) is 0 Å². The van der Waals surface area contributed by atoms with Gasteiger partial charge in [0.2, 0.25) is 5.91 Å². The van der Waals surface area contributed by atoms with E-state index in [1.165, 1.54) is 0 Å². The lowest BCUT2D eigenvalue weighted by atomic mass is 9.69. The Labute approximate surface area is 111 Å². The second kappa shape index (κ2) is 4.47. The fourth-order valence-corrected chi connectivity index (χ4v) is 2.29. The van der Waals surface area contributed by atoms with Crippen LogP contribution in [0.15, 0.2) is 18.2 Å². The van der Waals surface area contributed by atoms with Crippen molar-refractivity contribution >= 4 is 11.6 Å². The van der Waals surface area contributed by atoms with E-state index in [0.29, 0.717) is 43.2 Å². The number of nitriles is 1. The number of fused-ring (bicyclic) bond motifs is 1. The predicted octanol–water partition coefficient (Wildman–Crippen LogP) is 2.09. The molecule has 1 N–H and O–H groups in total. The van der Waals surface area contributed by atoms with E-state index in [2.05, 4.69) is 11.4 Å². The largest absolute Gasteiger partial charge is 0.486 e. The minimum absolute atomic E-state index is 0.224. The van der Waals surface area contributed by atoms with Gasteiger partial charge in [0, 0.05) is 11.8 Å². The molecule has 1 heterocycles. The van der Waals surface area contributed by atoms with Gasteiger partial charge in [0.1, 0.15) is 18.6 Å². The van der Waals surface area contributed by atoms with E-state index in [4.69, 9.17) is 14.7 Å². The molecule has 0 aromatic heterocycles. The quantitative estimate of drug-likeness (QED) is 0.881. The second-order valence-corrected chi connectivity index (χ2v) is 4.86. The minimum Gasteiger partial charge on any atom is -0.486 e. The molecule has 2 aliphatic rings. The van der Waals surface area contributed by atoms with Gasteiger partial charge in [-0.3, -0.25) is 4.79 Å². The van der Waals surface area contributed by atoms with E-state index in [9.17, 15) is 4.79 Å². The highest BCUT2D eigenvalue weighted by Crippen LogP contribution is 2.41. The number of anilines is 1. The van der Waals surface area contributed by atoms with Crippen LogP contribution in [0, 0.1) is 16.7 Å². The third-order valence-corrected chi connectivity index (χ3v) is 3.66. The van der Waals surface area contributed by atoms with E-state index in [1.54, 1.807) is 18.2 Å². The number of ether oxygens (including phenoxy) is 2. The van der Waals surface area contributed by atoms with Crippen molar-refractivity contribution in [1.29, 1.82) is 5.26 Å². The van der Waals surface area contributed by atoms with Crippen molar-refractivity contribution in [2.24, 2.45) is 5.41 Å². The van der Waals surface area contributed by atoms with E-state index >= 15 is 0 Å². The van der Waals surface area contributed by atoms with Crippen molar-refractivity contribution in [3.8, 4) is 17.6 Å². The topological polar surface area (TPSA) is 71.4 Å². The average Bonchev–Trinajstić information content (AvgIpc) is 2.38. The first kappa shape index (κ1) is 11.8. The van der Waals surface area contributed by atoms with Crippen molar-refractivity contribution in [2.45, 2.75) is 19.3 Å². The summed E-state index contributed by atoms with van der Waals surface area (Å²) in [5.41, 5.74) is -0.205. The molecule has 0 radical (unpaired) electrons. The third-order valence-electron chi connectivity index (χ3n) is 3.66. The van der Waals surface area contributed by atoms with Crippen LogP contribution < -0.4 is 14.8 Å². The standard InChI is InChI=1S/C14H14N2O3/c15-9-14(4-1-5-14)13(17)16-10-2-3-11-12(8-10)19-7-6-18-11/h2-3,8H,1,4-7H2,(H,16,17). The van der Waals surface area contributed by atoms with Crippen LogP contribution in [-0.2, 0) is 4.79 Å². The fraction of sp³-hybridized carbons (Fsp3) is 0.429. The van der Waals surface area contributed by atoms with E-state index in [1.807, 2.05) is 0 Å².